The molecule has 1 rings (SSSR count). The fourth-order valence-corrected chi connectivity index (χ4v) is 1.38. The van der Waals surface area contributed by atoms with E-state index in [9.17, 15) is 0 Å². The number of hydrogen-bond acceptors (Lipinski definition) is 5. The molecule has 5 nitrogen and oxygen atoms in total. The largest absolute Gasteiger partial charge is 0.370 e. The Balaban J connectivity index is 2.68. The summed E-state index contributed by atoms with van der Waals surface area (Å²) in [6, 6.07) is 1.92. The van der Waals surface area contributed by atoms with E-state index in [1.54, 1.807) is 0 Å². The highest BCUT2D eigenvalue weighted by molar-refractivity contribution is 5.47. The highest BCUT2D eigenvalue weighted by Crippen LogP contribution is 2.12. The zero-order valence-corrected chi connectivity index (χ0v) is 12.0. The fraction of sp³-hybridized carbons (Fsp3) is 0.692. The third-order valence-electron chi connectivity index (χ3n) is 2.25. The van der Waals surface area contributed by atoms with Crippen molar-refractivity contribution in [1.82, 2.24) is 9.97 Å². The highest BCUT2D eigenvalue weighted by Gasteiger charge is 2.11. The minimum Gasteiger partial charge on any atom is -0.370 e. The van der Waals surface area contributed by atoms with Gasteiger partial charge in [-0.25, -0.2) is 9.97 Å². The van der Waals surface area contributed by atoms with Crippen molar-refractivity contribution in [1.29, 1.82) is 0 Å². The summed E-state index contributed by atoms with van der Waals surface area (Å²) < 4.78 is 0. The Kier molecular flexibility index (Phi) is 4.90. The molecule has 0 aliphatic carbocycles. The Morgan fingerprint density at radius 2 is 1.78 bits per heavy atom. The topological polar surface area (TPSA) is 75.9 Å². The van der Waals surface area contributed by atoms with Crippen molar-refractivity contribution in [2.24, 2.45) is 11.7 Å². The maximum atomic E-state index is 5.94. The molecule has 0 radical (unpaired) electrons. The van der Waals surface area contributed by atoms with Gasteiger partial charge in [-0.1, -0.05) is 13.8 Å². The van der Waals surface area contributed by atoms with Crippen LogP contribution in [0, 0.1) is 12.8 Å². The van der Waals surface area contributed by atoms with Crippen LogP contribution in [0.2, 0.25) is 0 Å². The Morgan fingerprint density at radius 1 is 1.22 bits per heavy atom. The molecule has 0 bridgehead atoms. The molecule has 0 unspecified atom stereocenters. The molecule has 0 amide bonds. The molecule has 5 heteroatoms. The van der Waals surface area contributed by atoms with Crippen LogP contribution in [-0.2, 0) is 0 Å². The number of nitrogens with zero attached hydrogens (tertiary/aromatic N) is 2. The van der Waals surface area contributed by atoms with Crippen molar-refractivity contribution in [2.45, 2.75) is 40.2 Å². The number of aryl methyl sites for hydroxylation is 1. The van der Waals surface area contributed by atoms with Crippen molar-refractivity contribution in [3.63, 3.8) is 0 Å². The van der Waals surface area contributed by atoms with E-state index in [4.69, 9.17) is 5.73 Å². The summed E-state index contributed by atoms with van der Waals surface area (Å²) in [5.41, 5.74) is 5.68. The van der Waals surface area contributed by atoms with Gasteiger partial charge in [0.15, 0.2) is 0 Å². The molecule has 1 aromatic heterocycles. The quantitative estimate of drug-likeness (QED) is 0.721. The summed E-state index contributed by atoms with van der Waals surface area (Å²) in [7, 11) is 0. The van der Waals surface area contributed by atoms with Gasteiger partial charge >= 0.3 is 0 Å². The molecule has 0 fully saturated rings. The standard InChI is InChI=1S/C13H25N5/c1-9(2)7-15-11-6-12(18-10(3)17-11)16-8-13(4,5)14/h6,9H,7-8,14H2,1-5H3,(H2,15,16,17,18). The molecule has 0 spiro atoms. The summed E-state index contributed by atoms with van der Waals surface area (Å²) in [5, 5.41) is 6.54. The zero-order chi connectivity index (χ0) is 13.8. The number of rotatable bonds is 6. The normalized spacial score (nSPS) is 11.7. The van der Waals surface area contributed by atoms with Crippen LogP contribution in [0.25, 0.3) is 0 Å². The zero-order valence-electron chi connectivity index (χ0n) is 12.0. The van der Waals surface area contributed by atoms with E-state index in [2.05, 4.69) is 34.4 Å². The van der Waals surface area contributed by atoms with Gasteiger partial charge < -0.3 is 16.4 Å². The van der Waals surface area contributed by atoms with Gasteiger partial charge in [-0.15, -0.1) is 0 Å². The van der Waals surface area contributed by atoms with Gasteiger partial charge in [0.25, 0.3) is 0 Å². The van der Waals surface area contributed by atoms with Gasteiger partial charge in [0.1, 0.15) is 17.5 Å². The van der Waals surface area contributed by atoms with E-state index in [-0.39, 0.29) is 5.54 Å². The molecule has 18 heavy (non-hydrogen) atoms. The minimum atomic E-state index is -0.260. The predicted octanol–water partition coefficient (Wildman–Crippen LogP) is 2.00. The Bertz CT molecular complexity index is 381. The molecule has 1 heterocycles. The smallest absolute Gasteiger partial charge is 0.131 e. The second kappa shape index (κ2) is 6.00. The van der Waals surface area contributed by atoms with Gasteiger partial charge in [0, 0.05) is 24.7 Å². The van der Waals surface area contributed by atoms with Gasteiger partial charge in [0.2, 0.25) is 0 Å². The molecule has 0 aromatic carbocycles. The Morgan fingerprint density at radius 3 is 2.28 bits per heavy atom. The summed E-state index contributed by atoms with van der Waals surface area (Å²) in [6.45, 7) is 11.7. The molecule has 102 valence electrons. The Labute approximate surface area is 110 Å². The Hall–Kier alpha value is -1.36. The van der Waals surface area contributed by atoms with Crippen molar-refractivity contribution in [3.8, 4) is 0 Å². The maximum Gasteiger partial charge on any atom is 0.131 e. The third-order valence-corrected chi connectivity index (χ3v) is 2.25. The van der Waals surface area contributed by atoms with Crippen LogP contribution in [0.1, 0.15) is 33.5 Å². The monoisotopic (exact) mass is 251 g/mol. The van der Waals surface area contributed by atoms with E-state index >= 15 is 0 Å². The molecule has 0 atom stereocenters. The molecular formula is C13H25N5. The van der Waals surface area contributed by atoms with Crippen molar-refractivity contribution in [2.75, 3.05) is 23.7 Å². The van der Waals surface area contributed by atoms with Gasteiger partial charge in [-0.2, -0.15) is 0 Å². The average molecular weight is 251 g/mol. The summed E-state index contributed by atoms with van der Waals surface area (Å²) in [4.78, 5) is 8.70. The summed E-state index contributed by atoms with van der Waals surface area (Å²) in [6.07, 6.45) is 0. The lowest BCUT2D eigenvalue weighted by molar-refractivity contribution is 0.548. The van der Waals surface area contributed by atoms with E-state index in [1.807, 2.05) is 26.8 Å². The summed E-state index contributed by atoms with van der Waals surface area (Å²) >= 11 is 0. The van der Waals surface area contributed by atoms with Crippen molar-refractivity contribution < 1.29 is 0 Å². The van der Waals surface area contributed by atoms with E-state index in [0.29, 0.717) is 12.5 Å². The van der Waals surface area contributed by atoms with Crippen LogP contribution in [0.5, 0.6) is 0 Å². The van der Waals surface area contributed by atoms with E-state index in [1.165, 1.54) is 0 Å². The van der Waals surface area contributed by atoms with Crippen LogP contribution in [0.15, 0.2) is 6.07 Å². The minimum absolute atomic E-state index is 0.260. The first kappa shape index (κ1) is 14.7. The first-order valence-corrected chi connectivity index (χ1v) is 6.38. The maximum absolute atomic E-state index is 5.94. The predicted molar refractivity (Wildman–Crippen MR) is 76.9 cm³/mol. The second-order valence-electron chi connectivity index (χ2n) is 5.80. The first-order chi connectivity index (χ1) is 8.26. The number of hydrogen-bond donors (Lipinski definition) is 3. The van der Waals surface area contributed by atoms with Crippen LogP contribution in [0.3, 0.4) is 0 Å². The lowest BCUT2D eigenvalue weighted by Gasteiger charge is -2.19. The lowest BCUT2D eigenvalue weighted by atomic mass is 10.1. The molecule has 1 aromatic rings. The number of aromatic nitrogens is 2. The number of nitrogens with one attached hydrogen (secondary N) is 2. The molecule has 4 N–H and O–H groups in total. The molecule has 0 aliphatic heterocycles. The third kappa shape index (κ3) is 5.82. The number of anilines is 2. The van der Waals surface area contributed by atoms with E-state index in [0.717, 1.165) is 24.0 Å². The second-order valence-corrected chi connectivity index (χ2v) is 5.80. The van der Waals surface area contributed by atoms with Crippen molar-refractivity contribution >= 4 is 11.6 Å². The van der Waals surface area contributed by atoms with Crippen LogP contribution in [-0.4, -0.2) is 28.6 Å². The molecule has 0 saturated heterocycles. The van der Waals surface area contributed by atoms with Gasteiger partial charge in [-0.05, 0) is 26.7 Å². The van der Waals surface area contributed by atoms with Crippen molar-refractivity contribution in [3.05, 3.63) is 11.9 Å². The average Bonchev–Trinajstić information content (AvgIpc) is 2.22. The molecule has 0 saturated carbocycles. The SMILES string of the molecule is Cc1nc(NCC(C)C)cc(NCC(C)(C)N)n1. The fourth-order valence-electron chi connectivity index (χ4n) is 1.38. The summed E-state index contributed by atoms with van der Waals surface area (Å²) in [5.74, 6) is 3.00. The molecule has 0 aliphatic rings. The first-order valence-electron chi connectivity index (χ1n) is 6.38. The van der Waals surface area contributed by atoms with Crippen LogP contribution < -0.4 is 16.4 Å². The highest BCUT2D eigenvalue weighted by atomic mass is 15.1. The van der Waals surface area contributed by atoms with Crippen LogP contribution >= 0.6 is 0 Å². The lowest BCUT2D eigenvalue weighted by Crippen LogP contribution is -2.39. The van der Waals surface area contributed by atoms with Crippen LogP contribution in [0.4, 0.5) is 11.6 Å². The van der Waals surface area contributed by atoms with Gasteiger partial charge in [-0.3, -0.25) is 0 Å². The van der Waals surface area contributed by atoms with Gasteiger partial charge in [0.05, 0.1) is 0 Å². The number of nitrogens with two attached hydrogens (primary N) is 1. The van der Waals surface area contributed by atoms with E-state index < -0.39 is 0 Å². The molecular weight excluding hydrogens is 226 g/mol.